The first-order chi connectivity index (χ1) is 11.6. The monoisotopic (exact) mass is 326 g/mol. The highest BCUT2D eigenvalue weighted by Crippen LogP contribution is 2.33. The summed E-state index contributed by atoms with van der Waals surface area (Å²) >= 11 is 0. The van der Waals surface area contributed by atoms with Crippen molar-refractivity contribution in [1.82, 2.24) is 4.90 Å². The molecule has 0 unspecified atom stereocenters. The number of carbonyl (C=O) groups excluding carboxylic acids is 1. The average molecular weight is 326 g/mol. The molecule has 1 aliphatic heterocycles. The molecule has 0 saturated carbocycles. The number of nitrogens with two attached hydrogens (primary N) is 1. The minimum absolute atomic E-state index is 0.260. The maximum Gasteiger partial charge on any atom is 0.410 e. The van der Waals surface area contributed by atoms with Crippen molar-refractivity contribution in [1.29, 1.82) is 0 Å². The molecule has 0 radical (unpaired) electrons. The van der Waals surface area contributed by atoms with Gasteiger partial charge < -0.3 is 20.5 Å². The standard InChI is InChI=1S/C19H22N2O3/c20-17-8-4-7-16(13-17)19(23)9-11-21(12-10-19)18(22)24-14-15-5-2-1-3-6-15/h1-8,13,23H,9-12,14,20H2. The number of benzene rings is 2. The number of rotatable bonds is 3. The quantitative estimate of drug-likeness (QED) is 0.851. The van der Waals surface area contributed by atoms with Gasteiger partial charge in [0.1, 0.15) is 6.61 Å². The van der Waals surface area contributed by atoms with Crippen molar-refractivity contribution in [3.8, 4) is 0 Å². The van der Waals surface area contributed by atoms with Crippen LogP contribution >= 0.6 is 0 Å². The van der Waals surface area contributed by atoms with Gasteiger partial charge in [-0.05, 0) is 36.1 Å². The molecule has 1 aliphatic rings. The first kappa shape index (κ1) is 16.3. The zero-order chi connectivity index (χ0) is 17.0. The van der Waals surface area contributed by atoms with E-state index >= 15 is 0 Å². The lowest BCUT2D eigenvalue weighted by atomic mass is 9.84. The number of ether oxygens (including phenoxy) is 1. The van der Waals surface area contributed by atoms with Gasteiger partial charge in [0.05, 0.1) is 5.60 Å². The molecule has 0 aliphatic carbocycles. The largest absolute Gasteiger partial charge is 0.445 e. The van der Waals surface area contributed by atoms with E-state index in [1.54, 1.807) is 17.0 Å². The van der Waals surface area contributed by atoms with E-state index in [0.29, 0.717) is 31.6 Å². The maximum absolute atomic E-state index is 12.2. The first-order valence-electron chi connectivity index (χ1n) is 8.11. The summed E-state index contributed by atoms with van der Waals surface area (Å²) in [5.41, 5.74) is 7.25. The highest BCUT2D eigenvalue weighted by atomic mass is 16.6. The summed E-state index contributed by atoms with van der Waals surface area (Å²) in [6, 6.07) is 16.9. The van der Waals surface area contributed by atoms with Gasteiger partial charge in [0.2, 0.25) is 0 Å². The molecule has 1 saturated heterocycles. The van der Waals surface area contributed by atoms with E-state index in [0.717, 1.165) is 11.1 Å². The predicted molar refractivity (Wildman–Crippen MR) is 92.2 cm³/mol. The molecule has 2 aromatic carbocycles. The zero-order valence-electron chi connectivity index (χ0n) is 13.5. The van der Waals surface area contributed by atoms with Crippen LogP contribution in [0.15, 0.2) is 54.6 Å². The number of aliphatic hydroxyl groups is 1. The molecule has 126 valence electrons. The second-order valence-electron chi connectivity index (χ2n) is 6.18. The van der Waals surface area contributed by atoms with Crippen LogP contribution in [0, 0.1) is 0 Å². The van der Waals surface area contributed by atoms with E-state index < -0.39 is 5.60 Å². The summed E-state index contributed by atoms with van der Waals surface area (Å²) in [5, 5.41) is 10.8. The predicted octanol–water partition coefficient (Wildman–Crippen LogP) is 2.89. The smallest absolute Gasteiger partial charge is 0.410 e. The third kappa shape index (κ3) is 3.68. The molecule has 1 fully saturated rings. The van der Waals surface area contributed by atoms with Crippen molar-refractivity contribution in [2.24, 2.45) is 0 Å². The molecule has 3 rings (SSSR count). The van der Waals surface area contributed by atoms with Crippen LogP contribution in [0.4, 0.5) is 10.5 Å². The van der Waals surface area contributed by atoms with Crippen LogP contribution in [0.1, 0.15) is 24.0 Å². The average Bonchev–Trinajstić information content (AvgIpc) is 2.61. The second kappa shape index (κ2) is 6.93. The summed E-state index contributed by atoms with van der Waals surface area (Å²) in [5.74, 6) is 0. The van der Waals surface area contributed by atoms with Crippen molar-refractivity contribution in [3.05, 3.63) is 65.7 Å². The Morgan fingerprint density at radius 1 is 1.12 bits per heavy atom. The SMILES string of the molecule is Nc1cccc(C2(O)CCN(C(=O)OCc3ccccc3)CC2)c1. The molecule has 0 aromatic heterocycles. The Morgan fingerprint density at radius 2 is 1.83 bits per heavy atom. The van der Waals surface area contributed by atoms with Crippen LogP contribution in [0.25, 0.3) is 0 Å². The summed E-state index contributed by atoms with van der Waals surface area (Å²) in [7, 11) is 0. The highest BCUT2D eigenvalue weighted by molar-refractivity contribution is 5.67. The zero-order valence-corrected chi connectivity index (χ0v) is 13.5. The molecule has 5 nitrogen and oxygen atoms in total. The van der Waals surface area contributed by atoms with Crippen molar-refractivity contribution >= 4 is 11.8 Å². The Labute approximate surface area is 141 Å². The van der Waals surface area contributed by atoms with Crippen molar-refractivity contribution in [3.63, 3.8) is 0 Å². The number of hydrogen-bond acceptors (Lipinski definition) is 4. The van der Waals surface area contributed by atoms with Gasteiger partial charge >= 0.3 is 6.09 Å². The third-order valence-electron chi connectivity index (χ3n) is 4.48. The van der Waals surface area contributed by atoms with Crippen LogP contribution in [-0.2, 0) is 16.9 Å². The van der Waals surface area contributed by atoms with Gasteiger partial charge in [-0.2, -0.15) is 0 Å². The Balaban J connectivity index is 1.55. The molecular weight excluding hydrogens is 304 g/mol. The lowest BCUT2D eigenvalue weighted by Gasteiger charge is -2.38. The minimum Gasteiger partial charge on any atom is -0.445 e. The topological polar surface area (TPSA) is 75.8 Å². The fourth-order valence-corrected chi connectivity index (χ4v) is 2.99. The number of amides is 1. The molecule has 5 heteroatoms. The molecule has 24 heavy (non-hydrogen) atoms. The van der Waals surface area contributed by atoms with Crippen LogP contribution in [0.5, 0.6) is 0 Å². The lowest BCUT2D eigenvalue weighted by molar-refractivity contribution is -0.0254. The molecule has 1 heterocycles. The van der Waals surface area contributed by atoms with E-state index in [9.17, 15) is 9.90 Å². The van der Waals surface area contributed by atoms with Crippen molar-refractivity contribution in [2.75, 3.05) is 18.8 Å². The number of nitrogen functional groups attached to an aromatic ring is 1. The number of hydrogen-bond donors (Lipinski definition) is 2. The fraction of sp³-hybridized carbons (Fsp3) is 0.316. The van der Waals surface area contributed by atoms with Crippen LogP contribution in [-0.4, -0.2) is 29.2 Å². The Kier molecular flexibility index (Phi) is 4.71. The normalized spacial score (nSPS) is 16.6. The van der Waals surface area contributed by atoms with Crippen LogP contribution in [0.3, 0.4) is 0 Å². The number of likely N-dealkylation sites (tertiary alicyclic amines) is 1. The van der Waals surface area contributed by atoms with Gasteiger partial charge in [0.25, 0.3) is 0 Å². The Bertz CT molecular complexity index is 695. The molecule has 0 spiro atoms. The molecule has 0 bridgehead atoms. The Hall–Kier alpha value is -2.53. The second-order valence-corrected chi connectivity index (χ2v) is 6.18. The van der Waals surface area contributed by atoms with E-state index in [-0.39, 0.29) is 12.7 Å². The maximum atomic E-state index is 12.2. The van der Waals surface area contributed by atoms with Gasteiger partial charge in [-0.3, -0.25) is 0 Å². The molecule has 1 amide bonds. The van der Waals surface area contributed by atoms with Crippen LogP contribution in [0.2, 0.25) is 0 Å². The number of anilines is 1. The number of nitrogens with zero attached hydrogens (tertiary/aromatic N) is 1. The van der Waals surface area contributed by atoms with Gasteiger partial charge in [0.15, 0.2) is 0 Å². The van der Waals surface area contributed by atoms with Crippen LogP contribution < -0.4 is 5.73 Å². The van der Waals surface area contributed by atoms with E-state index in [2.05, 4.69) is 0 Å². The minimum atomic E-state index is -0.939. The summed E-state index contributed by atoms with van der Waals surface area (Å²) in [4.78, 5) is 13.8. The number of piperidine rings is 1. The third-order valence-corrected chi connectivity index (χ3v) is 4.48. The first-order valence-corrected chi connectivity index (χ1v) is 8.11. The van der Waals surface area contributed by atoms with E-state index in [1.807, 2.05) is 42.5 Å². The lowest BCUT2D eigenvalue weighted by Crippen LogP contribution is -2.45. The molecule has 3 N–H and O–H groups in total. The number of carbonyl (C=O) groups is 1. The van der Waals surface area contributed by atoms with Gasteiger partial charge in [0, 0.05) is 18.8 Å². The summed E-state index contributed by atoms with van der Waals surface area (Å²) in [6.45, 7) is 1.17. The molecule has 0 atom stereocenters. The summed E-state index contributed by atoms with van der Waals surface area (Å²) in [6.07, 6.45) is 0.599. The summed E-state index contributed by atoms with van der Waals surface area (Å²) < 4.78 is 5.35. The van der Waals surface area contributed by atoms with Gasteiger partial charge in [-0.1, -0.05) is 42.5 Å². The Morgan fingerprint density at radius 3 is 2.50 bits per heavy atom. The van der Waals surface area contributed by atoms with E-state index in [1.165, 1.54) is 0 Å². The fourth-order valence-electron chi connectivity index (χ4n) is 2.99. The van der Waals surface area contributed by atoms with Crippen molar-refractivity contribution < 1.29 is 14.6 Å². The van der Waals surface area contributed by atoms with Crippen molar-refractivity contribution in [2.45, 2.75) is 25.0 Å². The highest BCUT2D eigenvalue weighted by Gasteiger charge is 2.35. The van der Waals surface area contributed by atoms with E-state index in [4.69, 9.17) is 10.5 Å². The molecular formula is C19H22N2O3. The van der Waals surface area contributed by atoms with Gasteiger partial charge in [-0.15, -0.1) is 0 Å². The molecule has 2 aromatic rings. The van der Waals surface area contributed by atoms with Gasteiger partial charge in [-0.25, -0.2) is 4.79 Å².